The summed E-state index contributed by atoms with van der Waals surface area (Å²) in [7, 11) is 0. The first-order chi connectivity index (χ1) is 11.9. The molecule has 0 aliphatic rings. The molecule has 1 aromatic carbocycles. The first-order valence-corrected chi connectivity index (χ1v) is 9.29. The number of nitrogen functional groups attached to an aromatic ring is 1. The monoisotopic (exact) mass is 360 g/mol. The quantitative estimate of drug-likeness (QED) is 0.664. The summed E-state index contributed by atoms with van der Waals surface area (Å²) in [6, 6.07) is 9.74. The number of nitrogens with one attached hydrogen (secondary N) is 2. The Morgan fingerprint density at radius 3 is 2.56 bits per heavy atom. The van der Waals surface area contributed by atoms with Gasteiger partial charge in [0.1, 0.15) is 5.82 Å². The number of anilines is 3. The topological polar surface area (TPSA) is 106 Å². The van der Waals surface area contributed by atoms with Crippen molar-refractivity contribution in [3.05, 3.63) is 36.2 Å². The molecule has 0 aliphatic carbocycles. The highest BCUT2D eigenvalue weighted by Crippen LogP contribution is 2.15. The standard InChI is InChI=1S/C17H24N6OS/c1-11(2)12(3)19-15(24)10-25-9-14-21-16(18)23-17(22-14)20-13-7-5-4-6-8-13/h4-8,11-12H,9-10H2,1-3H3,(H,19,24)(H3,18,20,21,22,23). The average molecular weight is 360 g/mol. The van der Waals surface area contributed by atoms with Crippen LogP contribution in [0.3, 0.4) is 0 Å². The predicted octanol–water partition coefficient (Wildman–Crippen LogP) is 2.59. The van der Waals surface area contributed by atoms with Gasteiger partial charge in [-0.3, -0.25) is 4.79 Å². The van der Waals surface area contributed by atoms with E-state index in [4.69, 9.17) is 5.73 Å². The summed E-state index contributed by atoms with van der Waals surface area (Å²) in [5, 5.41) is 6.06. The number of carbonyl (C=O) groups excluding carboxylic acids is 1. The van der Waals surface area contributed by atoms with E-state index in [0.29, 0.717) is 29.2 Å². The van der Waals surface area contributed by atoms with E-state index in [2.05, 4.69) is 39.4 Å². The zero-order valence-corrected chi connectivity index (χ0v) is 15.5. The fourth-order valence-corrected chi connectivity index (χ4v) is 2.59. The predicted molar refractivity (Wildman–Crippen MR) is 103 cm³/mol. The van der Waals surface area contributed by atoms with Crippen molar-refractivity contribution in [2.45, 2.75) is 32.6 Å². The molecule has 1 aromatic heterocycles. The van der Waals surface area contributed by atoms with Crippen LogP contribution in [-0.4, -0.2) is 32.7 Å². The molecular weight excluding hydrogens is 336 g/mol. The van der Waals surface area contributed by atoms with Gasteiger partial charge < -0.3 is 16.4 Å². The third-order valence-electron chi connectivity index (χ3n) is 3.58. The molecule has 0 fully saturated rings. The second-order valence-electron chi connectivity index (χ2n) is 6.02. The number of hydrogen-bond acceptors (Lipinski definition) is 7. The van der Waals surface area contributed by atoms with E-state index in [0.717, 1.165) is 5.69 Å². The number of rotatable bonds is 8. The van der Waals surface area contributed by atoms with Crippen molar-refractivity contribution >= 4 is 35.3 Å². The van der Waals surface area contributed by atoms with E-state index in [1.165, 1.54) is 11.8 Å². The average Bonchev–Trinajstić information content (AvgIpc) is 2.55. The van der Waals surface area contributed by atoms with Crippen molar-refractivity contribution in [3.63, 3.8) is 0 Å². The number of nitrogens with two attached hydrogens (primary N) is 1. The number of benzene rings is 1. The Kier molecular flexibility index (Phi) is 7.00. The van der Waals surface area contributed by atoms with Gasteiger partial charge in [0.25, 0.3) is 0 Å². The summed E-state index contributed by atoms with van der Waals surface area (Å²) in [4.78, 5) is 24.5. The number of para-hydroxylation sites is 1. The zero-order valence-electron chi connectivity index (χ0n) is 14.7. The maximum atomic E-state index is 11.9. The van der Waals surface area contributed by atoms with Gasteiger partial charge in [-0.25, -0.2) is 0 Å². The minimum Gasteiger partial charge on any atom is -0.368 e. The van der Waals surface area contributed by atoms with Crippen LogP contribution in [0.2, 0.25) is 0 Å². The van der Waals surface area contributed by atoms with Gasteiger partial charge in [-0.05, 0) is 25.0 Å². The van der Waals surface area contributed by atoms with E-state index in [1.54, 1.807) is 0 Å². The van der Waals surface area contributed by atoms with Crippen LogP contribution < -0.4 is 16.4 Å². The molecule has 1 unspecified atom stereocenters. The van der Waals surface area contributed by atoms with Crippen molar-refractivity contribution in [2.24, 2.45) is 5.92 Å². The lowest BCUT2D eigenvalue weighted by Gasteiger charge is -2.17. The number of nitrogens with zero attached hydrogens (tertiary/aromatic N) is 3. The maximum Gasteiger partial charge on any atom is 0.232 e. The van der Waals surface area contributed by atoms with Gasteiger partial charge in [-0.2, -0.15) is 15.0 Å². The van der Waals surface area contributed by atoms with Crippen molar-refractivity contribution < 1.29 is 4.79 Å². The summed E-state index contributed by atoms with van der Waals surface area (Å²) >= 11 is 1.44. The van der Waals surface area contributed by atoms with Gasteiger partial charge in [-0.1, -0.05) is 32.0 Å². The third-order valence-corrected chi connectivity index (χ3v) is 4.51. The fourth-order valence-electron chi connectivity index (χ4n) is 1.91. The summed E-state index contributed by atoms with van der Waals surface area (Å²) < 4.78 is 0. The molecule has 25 heavy (non-hydrogen) atoms. The number of thioether (sulfide) groups is 1. The smallest absolute Gasteiger partial charge is 0.232 e. The molecule has 2 aromatic rings. The minimum absolute atomic E-state index is 0.0101. The van der Waals surface area contributed by atoms with Gasteiger partial charge in [0, 0.05) is 11.7 Å². The van der Waals surface area contributed by atoms with Crippen LogP contribution in [0.5, 0.6) is 0 Å². The lowest BCUT2D eigenvalue weighted by atomic mass is 10.1. The number of amides is 1. The van der Waals surface area contributed by atoms with Crippen molar-refractivity contribution in [1.29, 1.82) is 0 Å². The maximum absolute atomic E-state index is 11.9. The van der Waals surface area contributed by atoms with E-state index < -0.39 is 0 Å². The van der Waals surface area contributed by atoms with Gasteiger partial charge in [0.15, 0.2) is 0 Å². The Labute approximate surface area is 152 Å². The third kappa shape index (κ3) is 6.58. The Morgan fingerprint density at radius 1 is 1.16 bits per heavy atom. The molecule has 0 aliphatic heterocycles. The van der Waals surface area contributed by atoms with Crippen LogP contribution in [0.1, 0.15) is 26.6 Å². The molecule has 0 saturated heterocycles. The van der Waals surface area contributed by atoms with Crippen LogP contribution >= 0.6 is 11.8 Å². The summed E-state index contributed by atoms with van der Waals surface area (Å²) in [6.07, 6.45) is 0. The van der Waals surface area contributed by atoms with Gasteiger partial charge in [0.05, 0.1) is 11.5 Å². The molecule has 2 rings (SSSR count). The number of carbonyl (C=O) groups is 1. The highest BCUT2D eigenvalue weighted by Gasteiger charge is 2.11. The Bertz CT molecular complexity index is 695. The summed E-state index contributed by atoms with van der Waals surface area (Å²) in [5.41, 5.74) is 6.62. The SMILES string of the molecule is CC(C)C(C)NC(=O)CSCc1nc(N)nc(Nc2ccccc2)n1. The van der Waals surface area contributed by atoms with Crippen LogP contribution in [-0.2, 0) is 10.5 Å². The van der Waals surface area contributed by atoms with Gasteiger partial charge in [-0.15, -0.1) is 11.8 Å². The first-order valence-electron chi connectivity index (χ1n) is 8.13. The number of hydrogen-bond donors (Lipinski definition) is 3. The van der Waals surface area contributed by atoms with E-state index in [1.807, 2.05) is 37.3 Å². The van der Waals surface area contributed by atoms with Crippen molar-refractivity contribution in [3.8, 4) is 0 Å². The van der Waals surface area contributed by atoms with Crippen LogP contribution in [0, 0.1) is 5.92 Å². The van der Waals surface area contributed by atoms with Crippen LogP contribution in [0.25, 0.3) is 0 Å². The zero-order chi connectivity index (χ0) is 18.2. The van der Waals surface area contributed by atoms with E-state index >= 15 is 0 Å². The lowest BCUT2D eigenvalue weighted by molar-refractivity contribution is -0.119. The van der Waals surface area contributed by atoms with E-state index in [-0.39, 0.29) is 17.9 Å². The lowest BCUT2D eigenvalue weighted by Crippen LogP contribution is -2.37. The van der Waals surface area contributed by atoms with Crippen molar-refractivity contribution in [1.82, 2.24) is 20.3 Å². The molecule has 7 nitrogen and oxygen atoms in total. The summed E-state index contributed by atoms with van der Waals surface area (Å²) in [6.45, 7) is 6.15. The van der Waals surface area contributed by atoms with Gasteiger partial charge in [0.2, 0.25) is 17.8 Å². The highest BCUT2D eigenvalue weighted by atomic mass is 32.2. The molecule has 0 saturated carbocycles. The fraction of sp³-hybridized carbons (Fsp3) is 0.412. The minimum atomic E-state index is 0.0101. The Morgan fingerprint density at radius 2 is 1.88 bits per heavy atom. The molecule has 1 heterocycles. The molecule has 0 bridgehead atoms. The Balaban J connectivity index is 1.89. The molecule has 1 amide bonds. The van der Waals surface area contributed by atoms with Crippen LogP contribution in [0.4, 0.5) is 17.6 Å². The molecule has 0 spiro atoms. The number of aromatic nitrogens is 3. The van der Waals surface area contributed by atoms with Crippen molar-refractivity contribution in [2.75, 3.05) is 16.8 Å². The Hall–Kier alpha value is -2.35. The second kappa shape index (κ2) is 9.22. The molecule has 134 valence electrons. The molecule has 8 heteroatoms. The normalized spacial score (nSPS) is 12.0. The molecular formula is C17H24N6OS. The van der Waals surface area contributed by atoms with Crippen LogP contribution in [0.15, 0.2) is 30.3 Å². The molecule has 4 N–H and O–H groups in total. The van der Waals surface area contributed by atoms with Gasteiger partial charge >= 0.3 is 0 Å². The second-order valence-corrected chi connectivity index (χ2v) is 7.00. The first kappa shape index (κ1) is 19.0. The molecule has 0 radical (unpaired) electrons. The largest absolute Gasteiger partial charge is 0.368 e. The molecule has 1 atom stereocenters. The van der Waals surface area contributed by atoms with E-state index in [9.17, 15) is 4.79 Å². The highest BCUT2D eigenvalue weighted by molar-refractivity contribution is 7.99. The summed E-state index contributed by atoms with van der Waals surface area (Å²) in [5.74, 6) is 2.35.